The van der Waals surface area contributed by atoms with Gasteiger partial charge in [0.25, 0.3) is 0 Å². The van der Waals surface area contributed by atoms with E-state index in [0.717, 1.165) is 12.8 Å². The Hall–Kier alpha value is -3.35. The Morgan fingerprint density at radius 2 is 1.48 bits per heavy atom. The molecule has 0 aliphatic heterocycles. The first-order chi connectivity index (χ1) is 15.1. The van der Waals surface area contributed by atoms with Crippen LogP contribution >= 0.6 is 10.5 Å². The van der Waals surface area contributed by atoms with Gasteiger partial charge in [0.2, 0.25) is 0 Å². The van der Waals surface area contributed by atoms with Gasteiger partial charge < -0.3 is 4.74 Å². The number of carbonyl (C=O) groups excluding carboxylic acids is 1. The minimum absolute atomic E-state index is 0.133. The average Bonchev–Trinajstić information content (AvgIpc) is 3.46. The van der Waals surface area contributed by atoms with Crippen LogP contribution in [0, 0.1) is 18.3 Å². The van der Waals surface area contributed by atoms with Crippen molar-refractivity contribution in [2.24, 2.45) is 5.92 Å². The molecule has 0 saturated heterocycles. The summed E-state index contributed by atoms with van der Waals surface area (Å²) in [6.45, 7) is 1.84. The summed E-state index contributed by atoms with van der Waals surface area (Å²) in [6.07, 6.45) is 11.6. The number of carbonyl (C=O) groups is 1. The first-order valence-corrected chi connectivity index (χ1v) is 11.7. The second-order valence-corrected chi connectivity index (χ2v) is 10.1. The van der Waals surface area contributed by atoms with Crippen LogP contribution < -0.4 is 0 Å². The van der Waals surface area contributed by atoms with Gasteiger partial charge in [-0.1, -0.05) is 42.3 Å². The van der Waals surface area contributed by atoms with E-state index in [-0.39, 0.29) is 22.4 Å². The third-order valence-corrected chi connectivity index (χ3v) is 8.54. The van der Waals surface area contributed by atoms with Crippen molar-refractivity contribution in [1.82, 2.24) is 0 Å². The van der Waals surface area contributed by atoms with Crippen molar-refractivity contribution < 1.29 is 9.53 Å². The number of terminal acetylenes is 1. The molecular formula is C28H23O2S+. The van der Waals surface area contributed by atoms with Crippen LogP contribution in [-0.4, -0.2) is 11.6 Å². The molecule has 3 aromatic carbocycles. The lowest BCUT2D eigenvalue weighted by Crippen LogP contribution is -2.37. The molecule has 0 spiro atoms. The number of benzene rings is 3. The summed E-state index contributed by atoms with van der Waals surface area (Å²) < 4.78 is 8.48. The van der Waals surface area contributed by atoms with E-state index in [1.165, 1.54) is 25.1 Å². The molecule has 1 atom stereocenters. The van der Waals surface area contributed by atoms with E-state index < -0.39 is 5.60 Å². The molecule has 1 aliphatic carbocycles. The fourth-order valence-electron chi connectivity index (χ4n) is 4.38. The van der Waals surface area contributed by atoms with Gasteiger partial charge >= 0.3 is 5.97 Å². The lowest BCUT2D eigenvalue weighted by Gasteiger charge is -2.30. The molecule has 0 fully saturated rings. The molecule has 0 bridgehead atoms. The van der Waals surface area contributed by atoms with Crippen LogP contribution in [0.25, 0.3) is 25.1 Å². The minimum Gasteiger partial charge on any atom is -0.442 e. The maximum absolute atomic E-state index is 12.9. The van der Waals surface area contributed by atoms with E-state index >= 15 is 0 Å². The van der Waals surface area contributed by atoms with Crippen molar-refractivity contribution >= 4 is 36.6 Å². The third kappa shape index (κ3) is 3.34. The second kappa shape index (κ2) is 7.72. The molecule has 0 N–H and O–H groups in total. The number of hydrogen-bond donors (Lipinski definition) is 0. The molecule has 1 unspecified atom stereocenters. The fourth-order valence-corrected chi connectivity index (χ4v) is 6.76. The smallest absolute Gasteiger partial charge is 0.339 e. The number of thiophene rings is 1. The van der Waals surface area contributed by atoms with Crippen LogP contribution in [0.5, 0.6) is 0 Å². The van der Waals surface area contributed by atoms with Crippen LogP contribution in [-0.2, 0) is 4.74 Å². The number of hydrogen-bond acceptors (Lipinski definition) is 2. The molecule has 2 nitrogen and oxygen atoms in total. The quantitative estimate of drug-likeness (QED) is 0.150. The summed E-state index contributed by atoms with van der Waals surface area (Å²) >= 11 is 0. The minimum atomic E-state index is -0.898. The molecule has 1 aromatic heterocycles. The van der Waals surface area contributed by atoms with Crippen molar-refractivity contribution in [2.75, 3.05) is 0 Å². The number of esters is 1. The Morgan fingerprint density at radius 1 is 0.935 bits per heavy atom. The molecule has 0 radical (unpaired) electrons. The number of ether oxygens (including phenoxy) is 1. The Labute approximate surface area is 185 Å². The van der Waals surface area contributed by atoms with Crippen molar-refractivity contribution in [3.63, 3.8) is 0 Å². The molecule has 3 heteroatoms. The average molecular weight is 424 g/mol. The molecule has 1 heterocycles. The maximum atomic E-state index is 12.9. The van der Waals surface area contributed by atoms with E-state index in [1.54, 1.807) is 0 Å². The predicted octanol–water partition coefficient (Wildman–Crippen LogP) is 7.25. The van der Waals surface area contributed by atoms with E-state index in [4.69, 9.17) is 11.2 Å². The first kappa shape index (κ1) is 19.6. The molecular weight excluding hydrogens is 400 g/mol. The molecule has 1 aliphatic rings. The first-order valence-electron chi connectivity index (χ1n) is 10.5. The predicted molar refractivity (Wildman–Crippen MR) is 130 cm³/mol. The van der Waals surface area contributed by atoms with Crippen molar-refractivity contribution in [3.05, 3.63) is 90.5 Å². The third-order valence-electron chi connectivity index (χ3n) is 6.21. The van der Waals surface area contributed by atoms with Gasteiger partial charge in [-0.15, -0.1) is 6.42 Å². The topological polar surface area (TPSA) is 26.3 Å². The summed E-state index contributed by atoms with van der Waals surface area (Å²) in [5, 5.41) is 2.58. The SMILES string of the molecule is C#CC(C)(OC(=O)c1ccc(-[s+]2c3ccccc3c3ccccc32)cc1)C1CC=CC1. The van der Waals surface area contributed by atoms with Gasteiger partial charge in [0.1, 0.15) is 0 Å². The van der Waals surface area contributed by atoms with Crippen LogP contribution in [0.3, 0.4) is 0 Å². The molecule has 4 aromatic rings. The number of fused-ring (bicyclic) bond motifs is 3. The van der Waals surface area contributed by atoms with E-state index in [9.17, 15) is 4.79 Å². The van der Waals surface area contributed by atoms with Crippen LogP contribution in [0.4, 0.5) is 0 Å². The fraction of sp³-hybridized carbons (Fsp3) is 0.179. The highest BCUT2D eigenvalue weighted by atomic mass is 32.2. The zero-order valence-electron chi connectivity index (χ0n) is 17.4. The summed E-state index contributed by atoms with van der Waals surface area (Å²) in [6, 6.07) is 24.9. The molecule has 0 saturated carbocycles. The molecule has 152 valence electrons. The zero-order valence-corrected chi connectivity index (χ0v) is 18.2. The molecule has 31 heavy (non-hydrogen) atoms. The maximum Gasteiger partial charge on any atom is 0.339 e. The highest BCUT2D eigenvalue weighted by molar-refractivity contribution is 7.50. The molecule has 5 rings (SSSR count). The Morgan fingerprint density at radius 3 is 2.03 bits per heavy atom. The highest BCUT2D eigenvalue weighted by Gasteiger charge is 2.37. The summed E-state index contributed by atoms with van der Waals surface area (Å²) in [5.74, 6) is 2.48. The van der Waals surface area contributed by atoms with Crippen molar-refractivity contribution in [2.45, 2.75) is 25.4 Å². The largest absolute Gasteiger partial charge is 0.442 e. The highest BCUT2D eigenvalue weighted by Crippen LogP contribution is 2.48. The monoisotopic (exact) mass is 423 g/mol. The van der Waals surface area contributed by atoms with Crippen LogP contribution in [0.15, 0.2) is 84.9 Å². The number of allylic oxidation sites excluding steroid dienone is 2. The zero-order chi connectivity index (χ0) is 21.4. The normalized spacial score (nSPS) is 15.7. The standard InChI is InChI=1S/C28H23O2S/c1-3-28(2,21-10-4-5-11-21)30-27(29)20-16-18-22(19-17-20)31-25-14-8-6-12-23(25)24-13-7-9-15-26(24)31/h1,4-9,12-19,21H,10-11H2,2H3/q+1. The van der Waals surface area contributed by atoms with Crippen molar-refractivity contribution in [1.29, 1.82) is 0 Å². The summed E-state index contributed by atoms with van der Waals surface area (Å²) in [5.41, 5.74) is -0.370. The van der Waals surface area contributed by atoms with Gasteiger partial charge in [-0.3, -0.25) is 0 Å². The van der Waals surface area contributed by atoms with Gasteiger partial charge in [0.05, 0.1) is 5.56 Å². The van der Waals surface area contributed by atoms with E-state index in [0.29, 0.717) is 5.56 Å². The Balaban J connectivity index is 1.48. The van der Waals surface area contributed by atoms with Gasteiger partial charge in [-0.25, -0.2) is 4.79 Å². The Kier molecular flexibility index (Phi) is 4.88. The van der Waals surface area contributed by atoms with E-state index in [2.05, 4.69) is 66.6 Å². The van der Waals surface area contributed by atoms with Gasteiger partial charge in [0, 0.05) is 27.2 Å². The second-order valence-electron chi connectivity index (χ2n) is 8.10. The van der Waals surface area contributed by atoms with Crippen LogP contribution in [0.2, 0.25) is 0 Å². The van der Waals surface area contributed by atoms with Gasteiger partial charge in [-0.05, 0) is 68.3 Å². The summed E-state index contributed by atoms with van der Waals surface area (Å²) in [4.78, 5) is 14.1. The molecule has 0 amide bonds. The Bertz CT molecular complexity index is 1290. The number of rotatable bonds is 4. The summed E-state index contributed by atoms with van der Waals surface area (Å²) in [7, 11) is -0.177. The van der Waals surface area contributed by atoms with Gasteiger partial charge in [0.15, 0.2) is 19.9 Å². The van der Waals surface area contributed by atoms with Crippen molar-refractivity contribution in [3.8, 4) is 17.2 Å². The lowest BCUT2D eigenvalue weighted by molar-refractivity contribution is -0.00682. The van der Waals surface area contributed by atoms with Crippen LogP contribution in [0.1, 0.15) is 30.1 Å². The lowest BCUT2D eigenvalue weighted by atomic mass is 9.87. The van der Waals surface area contributed by atoms with E-state index in [1.807, 2.05) is 31.2 Å². The van der Waals surface area contributed by atoms with Gasteiger partial charge in [-0.2, -0.15) is 0 Å².